The molecular formula is C9H14N2O3. The van der Waals surface area contributed by atoms with Gasteiger partial charge in [-0.1, -0.05) is 0 Å². The summed E-state index contributed by atoms with van der Waals surface area (Å²) in [6.07, 6.45) is 0. The monoisotopic (exact) mass is 198 g/mol. The largest absolute Gasteiger partial charge is 0.436 e. The molecular weight excluding hydrogens is 184 g/mol. The number of hydrogen-bond donors (Lipinski definition) is 2. The number of hydrogen-bond acceptors (Lipinski definition) is 4. The molecule has 1 amide bonds. The second-order valence-corrected chi connectivity index (χ2v) is 3.20. The predicted molar refractivity (Wildman–Crippen MR) is 50.0 cm³/mol. The third-order valence-electron chi connectivity index (χ3n) is 1.76. The van der Waals surface area contributed by atoms with Crippen LogP contribution in [0.1, 0.15) is 29.1 Å². The summed E-state index contributed by atoms with van der Waals surface area (Å²) < 4.78 is 5.12. The molecule has 0 aliphatic carbocycles. The van der Waals surface area contributed by atoms with Gasteiger partial charge in [-0.25, -0.2) is 4.98 Å². The van der Waals surface area contributed by atoms with Gasteiger partial charge in [0.05, 0.1) is 12.3 Å². The van der Waals surface area contributed by atoms with Crippen LogP contribution in [0.5, 0.6) is 0 Å². The number of aliphatic hydroxyl groups excluding tert-OH is 1. The SMILES string of the molecule is Cc1nc(C)c(C(=O)NC(C)CO)o1. The van der Waals surface area contributed by atoms with Crippen molar-refractivity contribution in [3.05, 3.63) is 17.3 Å². The number of carbonyl (C=O) groups excluding carboxylic acids is 1. The smallest absolute Gasteiger partial charge is 0.289 e. The van der Waals surface area contributed by atoms with E-state index >= 15 is 0 Å². The highest BCUT2D eigenvalue weighted by Gasteiger charge is 2.16. The van der Waals surface area contributed by atoms with Gasteiger partial charge in [0.1, 0.15) is 0 Å². The van der Waals surface area contributed by atoms with Crippen LogP contribution in [0, 0.1) is 13.8 Å². The van der Waals surface area contributed by atoms with E-state index in [2.05, 4.69) is 10.3 Å². The van der Waals surface area contributed by atoms with Crippen molar-refractivity contribution in [1.29, 1.82) is 0 Å². The Morgan fingerprint density at radius 1 is 1.64 bits per heavy atom. The Hall–Kier alpha value is -1.36. The van der Waals surface area contributed by atoms with E-state index in [0.717, 1.165) is 0 Å². The Bertz CT molecular complexity index is 333. The summed E-state index contributed by atoms with van der Waals surface area (Å²) in [5, 5.41) is 11.3. The summed E-state index contributed by atoms with van der Waals surface area (Å²) in [5.74, 6) is 0.330. The van der Waals surface area contributed by atoms with Gasteiger partial charge in [0.2, 0.25) is 5.76 Å². The van der Waals surface area contributed by atoms with Crippen LogP contribution in [0.25, 0.3) is 0 Å². The van der Waals surface area contributed by atoms with Crippen molar-refractivity contribution in [1.82, 2.24) is 10.3 Å². The van der Waals surface area contributed by atoms with E-state index in [-0.39, 0.29) is 24.3 Å². The number of nitrogens with one attached hydrogen (secondary N) is 1. The highest BCUT2D eigenvalue weighted by molar-refractivity contribution is 5.92. The fraction of sp³-hybridized carbons (Fsp3) is 0.556. The number of rotatable bonds is 3. The molecule has 14 heavy (non-hydrogen) atoms. The Morgan fingerprint density at radius 3 is 2.71 bits per heavy atom. The normalized spacial score (nSPS) is 12.6. The van der Waals surface area contributed by atoms with Gasteiger partial charge in [-0.2, -0.15) is 0 Å². The molecule has 0 aliphatic rings. The van der Waals surface area contributed by atoms with Crippen molar-refractivity contribution in [2.75, 3.05) is 6.61 Å². The first-order chi connectivity index (χ1) is 6.54. The van der Waals surface area contributed by atoms with Gasteiger partial charge in [-0.3, -0.25) is 4.79 Å². The quantitative estimate of drug-likeness (QED) is 0.737. The van der Waals surface area contributed by atoms with Gasteiger partial charge in [-0.15, -0.1) is 0 Å². The molecule has 0 radical (unpaired) electrons. The highest BCUT2D eigenvalue weighted by Crippen LogP contribution is 2.08. The number of aliphatic hydroxyl groups is 1. The molecule has 1 rings (SSSR count). The molecule has 0 fully saturated rings. The van der Waals surface area contributed by atoms with Crippen LogP contribution in [-0.2, 0) is 0 Å². The Morgan fingerprint density at radius 2 is 2.29 bits per heavy atom. The van der Waals surface area contributed by atoms with Crippen LogP contribution in [0.3, 0.4) is 0 Å². The van der Waals surface area contributed by atoms with Crippen molar-refractivity contribution in [3.63, 3.8) is 0 Å². The van der Waals surface area contributed by atoms with Gasteiger partial charge in [0.15, 0.2) is 5.89 Å². The van der Waals surface area contributed by atoms with Crippen molar-refractivity contribution >= 4 is 5.91 Å². The van der Waals surface area contributed by atoms with E-state index < -0.39 is 0 Å². The number of carbonyl (C=O) groups is 1. The van der Waals surface area contributed by atoms with E-state index in [0.29, 0.717) is 11.6 Å². The van der Waals surface area contributed by atoms with Crippen molar-refractivity contribution in [3.8, 4) is 0 Å². The van der Waals surface area contributed by atoms with E-state index in [4.69, 9.17) is 9.52 Å². The zero-order valence-electron chi connectivity index (χ0n) is 8.50. The Labute approximate surface area is 82.1 Å². The molecule has 0 aliphatic heterocycles. The van der Waals surface area contributed by atoms with Crippen LogP contribution < -0.4 is 5.32 Å². The minimum Gasteiger partial charge on any atom is -0.436 e. The fourth-order valence-electron chi connectivity index (χ4n) is 1.08. The number of aromatic nitrogens is 1. The topological polar surface area (TPSA) is 75.4 Å². The van der Waals surface area contributed by atoms with Gasteiger partial charge in [-0.05, 0) is 13.8 Å². The molecule has 0 bridgehead atoms. The minimum absolute atomic E-state index is 0.0993. The molecule has 0 saturated heterocycles. The molecule has 1 heterocycles. The number of oxazole rings is 1. The summed E-state index contributed by atoms with van der Waals surface area (Å²) in [6, 6.07) is -0.285. The average Bonchev–Trinajstić information content (AvgIpc) is 2.45. The molecule has 0 aromatic carbocycles. The average molecular weight is 198 g/mol. The fourth-order valence-corrected chi connectivity index (χ4v) is 1.08. The Balaban J connectivity index is 2.74. The number of amides is 1. The first-order valence-corrected chi connectivity index (χ1v) is 4.40. The zero-order valence-corrected chi connectivity index (χ0v) is 8.50. The van der Waals surface area contributed by atoms with Crippen LogP contribution in [-0.4, -0.2) is 28.6 Å². The number of aryl methyl sites for hydroxylation is 2. The zero-order chi connectivity index (χ0) is 10.7. The van der Waals surface area contributed by atoms with Crippen LogP contribution in [0.2, 0.25) is 0 Å². The van der Waals surface area contributed by atoms with Crippen LogP contribution in [0.15, 0.2) is 4.42 Å². The van der Waals surface area contributed by atoms with Gasteiger partial charge in [0.25, 0.3) is 5.91 Å². The molecule has 2 N–H and O–H groups in total. The maximum atomic E-state index is 11.5. The maximum absolute atomic E-state index is 11.5. The predicted octanol–water partition coefficient (Wildman–Crippen LogP) is 0.402. The van der Waals surface area contributed by atoms with Crippen molar-refractivity contribution in [2.45, 2.75) is 26.8 Å². The first kappa shape index (κ1) is 10.7. The van der Waals surface area contributed by atoms with E-state index in [1.165, 1.54) is 0 Å². The highest BCUT2D eigenvalue weighted by atomic mass is 16.4. The van der Waals surface area contributed by atoms with Crippen molar-refractivity contribution < 1.29 is 14.3 Å². The lowest BCUT2D eigenvalue weighted by Crippen LogP contribution is -2.35. The summed E-state index contributed by atoms with van der Waals surface area (Å²) in [7, 11) is 0. The standard InChI is InChI=1S/C9H14N2O3/c1-5(4-12)10-9(13)8-6(2)11-7(3)14-8/h5,12H,4H2,1-3H3,(H,10,13). The molecule has 1 aromatic rings. The third-order valence-corrected chi connectivity index (χ3v) is 1.76. The summed E-state index contributed by atoms with van der Waals surface area (Å²) >= 11 is 0. The van der Waals surface area contributed by atoms with Gasteiger partial charge in [0, 0.05) is 13.0 Å². The molecule has 1 unspecified atom stereocenters. The van der Waals surface area contributed by atoms with Gasteiger partial charge < -0.3 is 14.8 Å². The molecule has 0 spiro atoms. The lowest BCUT2D eigenvalue weighted by Gasteiger charge is -2.08. The molecule has 78 valence electrons. The molecule has 0 saturated carbocycles. The second-order valence-electron chi connectivity index (χ2n) is 3.20. The molecule has 1 aromatic heterocycles. The van der Waals surface area contributed by atoms with Crippen LogP contribution in [0.4, 0.5) is 0 Å². The third kappa shape index (κ3) is 2.32. The lowest BCUT2D eigenvalue weighted by atomic mass is 10.3. The van der Waals surface area contributed by atoms with E-state index in [1.807, 2.05) is 0 Å². The summed E-state index contributed by atoms with van der Waals surface area (Å²) in [6.45, 7) is 4.99. The number of nitrogens with zero attached hydrogens (tertiary/aromatic N) is 1. The van der Waals surface area contributed by atoms with E-state index in [1.54, 1.807) is 20.8 Å². The first-order valence-electron chi connectivity index (χ1n) is 4.40. The summed E-state index contributed by atoms with van der Waals surface area (Å²) in [4.78, 5) is 15.5. The van der Waals surface area contributed by atoms with E-state index in [9.17, 15) is 4.79 Å². The lowest BCUT2D eigenvalue weighted by molar-refractivity contribution is 0.0892. The van der Waals surface area contributed by atoms with Gasteiger partial charge >= 0.3 is 0 Å². The summed E-state index contributed by atoms with van der Waals surface area (Å²) in [5.41, 5.74) is 0.560. The van der Waals surface area contributed by atoms with Crippen LogP contribution >= 0.6 is 0 Å². The molecule has 5 nitrogen and oxygen atoms in total. The minimum atomic E-state index is -0.343. The maximum Gasteiger partial charge on any atom is 0.289 e. The Kier molecular flexibility index (Phi) is 3.24. The van der Waals surface area contributed by atoms with Crippen molar-refractivity contribution in [2.24, 2.45) is 0 Å². The molecule has 1 atom stereocenters. The second kappa shape index (κ2) is 4.23. The molecule has 5 heteroatoms.